The standard InChI is InChI=1S/C16H27ClN2/c1-12(2)19(13(3)4)11-10-18-14(5)15-6-8-16(17)9-7-15/h6-9,12-14,18H,10-11H2,1-5H3. The lowest BCUT2D eigenvalue weighted by atomic mass is 10.1. The van der Waals surface area contributed by atoms with E-state index in [9.17, 15) is 0 Å². The third kappa shape index (κ3) is 5.52. The number of benzene rings is 1. The Morgan fingerprint density at radius 3 is 2.00 bits per heavy atom. The van der Waals surface area contributed by atoms with Crippen LogP contribution in [0.25, 0.3) is 0 Å². The van der Waals surface area contributed by atoms with Crippen molar-refractivity contribution < 1.29 is 0 Å². The maximum absolute atomic E-state index is 5.90. The van der Waals surface area contributed by atoms with Crippen LogP contribution in [-0.4, -0.2) is 30.1 Å². The quantitative estimate of drug-likeness (QED) is 0.810. The monoisotopic (exact) mass is 282 g/mol. The molecule has 3 heteroatoms. The molecule has 1 atom stereocenters. The molecular formula is C16H27ClN2. The van der Waals surface area contributed by atoms with E-state index >= 15 is 0 Å². The second-order valence-electron chi connectivity index (χ2n) is 5.65. The van der Waals surface area contributed by atoms with Crippen LogP contribution in [-0.2, 0) is 0 Å². The van der Waals surface area contributed by atoms with Crippen molar-refractivity contribution in [2.24, 2.45) is 0 Å². The van der Waals surface area contributed by atoms with E-state index < -0.39 is 0 Å². The van der Waals surface area contributed by atoms with Gasteiger partial charge in [-0.15, -0.1) is 0 Å². The van der Waals surface area contributed by atoms with Gasteiger partial charge in [-0.2, -0.15) is 0 Å². The Balaban J connectivity index is 2.42. The zero-order chi connectivity index (χ0) is 14.4. The number of hydrogen-bond acceptors (Lipinski definition) is 2. The Kier molecular flexibility index (Phi) is 6.84. The summed E-state index contributed by atoms with van der Waals surface area (Å²) < 4.78 is 0. The molecule has 0 saturated heterocycles. The molecule has 0 aliphatic rings. The van der Waals surface area contributed by atoms with Crippen LogP contribution in [0.1, 0.15) is 46.2 Å². The summed E-state index contributed by atoms with van der Waals surface area (Å²) in [7, 11) is 0. The van der Waals surface area contributed by atoms with Gasteiger partial charge in [-0.25, -0.2) is 0 Å². The third-order valence-corrected chi connectivity index (χ3v) is 3.77. The van der Waals surface area contributed by atoms with Gasteiger partial charge in [0.05, 0.1) is 0 Å². The van der Waals surface area contributed by atoms with Gasteiger partial charge in [0, 0.05) is 36.2 Å². The molecule has 0 aromatic heterocycles. The topological polar surface area (TPSA) is 15.3 Å². The van der Waals surface area contributed by atoms with Crippen LogP contribution in [0.2, 0.25) is 5.02 Å². The van der Waals surface area contributed by atoms with Crippen molar-refractivity contribution in [2.45, 2.75) is 52.7 Å². The van der Waals surface area contributed by atoms with Gasteiger partial charge in [-0.05, 0) is 52.3 Å². The molecule has 0 aliphatic carbocycles. The number of halogens is 1. The van der Waals surface area contributed by atoms with Gasteiger partial charge in [-0.1, -0.05) is 23.7 Å². The Morgan fingerprint density at radius 1 is 1.00 bits per heavy atom. The van der Waals surface area contributed by atoms with Crippen molar-refractivity contribution in [3.05, 3.63) is 34.9 Å². The molecule has 0 bridgehead atoms. The number of hydrogen-bond donors (Lipinski definition) is 1. The summed E-state index contributed by atoms with van der Waals surface area (Å²) in [6.45, 7) is 13.3. The highest BCUT2D eigenvalue weighted by molar-refractivity contribution is 6.30. The predicted octanol–water partition coefficient (Wildman–Crippen LogP) is 4.11. The third-order valence-electron chi connectivity index (χ3n) is 3.52. The normalized spacial score (nSPS) is 13.5. The molecule has 19 heavy (non-hydrogen) atoms. The smallest absolute Gasteiger partial charge is 0.0406 e. The van der Waals surface area contributed by atoms with E-state index in [1.165, 1.54) is 5.56 Å². The molecule has 2 nitrogen and oxygen atoms in total. The van der Waals surface area contributed by atoms with Crippen LogP contribution < -0.4 is 5.32 Å². The van der Waals surface area contributed by atoms with E-state index in [0.717, 1.165) is 18.1 Å². The summed E-state index contributed by atoms with van der Waals surface area (Å²) in [4.78, 5) is 2.50. The minimum atomic E-state index is 0.360. The molecule has 0 heterocycles. The van der Waals surface area contributed by atoms with Gasteiger partial charge in [-0.3, -0.25) is 4.90 Å². The van der Waals surface area contributed by atoms with Crippen LogP contribution in [0.3, 0.4) is 0 Å². The minimum absolute atomic E-state index is 0.360. The highest BCUT2D eigenvalue weighted by Crippen LogP contribution is 2.15. The summed E-state index contributed by atoms with van der Waals surface area (Å²) in [6, 6.07) is 9.61. The molecule has 1 unspecified atom stereocenters. The number of rotatable bonds is 7. The molecule has 0 spiro atoms. The molecule has 0 amide bonds. The molecule has 1 aromatic rings. The predicted molar refractivity (Wildman–Crippen MR) is 84.8 cm³/mol. The summed E-state index contributed by atoms with van der Waals surface area (Å²) >= 11 is 5.90. The van der Waals surface area contributed by atoms with Crippen LogP contribution in [0, 0.1) is 0 Å². The van der Waals surface area contributed by atoms with E-state index in [2.05, 4.69) is 57.0 Å². The maximum Gasteiger partial charge on any atom is 0.0406 e. The fraction of sp³-hybridized carbons (Fsp3) is 0.625. The minimum Gasteiger partial charge on any atom is -0.309 e. The van der Waals surface area contributed by atoms with Gasteiger partial charge in [0.2, 0.25) is 0 Å². The fourth-order valence-corrected chi connectivity index (χ4v) is 2.52. The Labute approximate surface area is 123 Å². The molecule has 1 N–H and O–H groups in total. The van der Waals surface area contributed by atoms with Crippen molar-refractivity contribution in [2.75, 3.05) is 13.1 Å². The molecule has 0 fully saturated rings. The number of nitrogens with zero attached hydrogens (tertiary/aromatic N) is 1. The Hall–Kier alpha value is -0.570. The van der Waals surface area contributed by atoms with E-state index in [1.54, 1.807) is 0 Å². The SMILES string of the molecule is CC(NCCN(C(C)C)C(C)C)c1ccc(Cl)cc1. The first-order chi connectivity index (χ1) is 8.91. The van der Waals surface area contributed by atoms with Crippen molar-refractivity contribution in [3.8, 4) is 0 Å². The van der Waals surface area contributed by atoms with Gasteiger partial charge in [0.15, 0.2) is 0 Å². The highest BCUT2D eigenvalue weighted by Gasteiger charge is 2.13. The Morgan fingerprint density at radius 2 is 1.53 bits per heavy atom. The fourth-order valence-electron chi connectivity index (χ4n) is 2.39. The molecule has 0 radical (unpaired) electrons. The molecular weight excluding hydrogens is 256 g/mol. The van der Waals surface area contributed by atoms with Crippen molar-refractivity contribution in [3.63, 3.8) is 0 Å². The van der Waals surface area contributed by atoms with Crippen LogP contribution in [0.15, 0.2) is 24.3 Å². The first kappa shape index (κ1) is 16.5. The highest BCUT2D eigenvalue weighted by atomic mass is 35.5. The lowest BCUT2D eigenvalue weighted by Crippen LogP contribution is -2.41. The van der Waals surface area contributed by atoms with Crippen molar-refractivity contribution >= 4 is 11.6 Å². The molecule has 0 aliphatic heterocycles. The lowest BCUT2D eigenvalue weighted by molar-refractivity contribution is 0.174. The summed E-state index contributed by atoms with van der Waals surface area (Å²) in [5, 5.41) is 4.37. The van der Waals surface area contributed by atoms with Crippen molar-refractivity contribution in [1.29, 1.82) is 0 Å². The van der Waals surface area contributed by atoms with Gasteiger partial charge < -0.3 is 5.32 Å². The van der Waals surface area contributed by atoms with Crippen LogP contribution in [0.4, 0.5) is 0 Å². The largest absolute Gasteiger partial charge is 0.309 e. The average Bonchev–Trinajstić information content (AvgIpc) is 2.34. The van der Waals surface area contributed by atoms with E-state index in [-0.39, 0.29) is 0 Å². The number of nitrogens with one attached hydrogen (secondary N) is 1. The molecule has 1 aromatic carbocycles. The van der Waals surface area contributed by atoms with Crippen molar-refractivity contribution in [1.82, 2.24) is 10.2 Å². The molecule has 0 saturated carbocycles. The zero-order valence-corrected chi connectivity index (χ0v) is 13.5. The van der Waals surface area contributed by atoms with E-state index in [1.807, 2.05) is 12.1 Å². The summed E-state index contributed by atoms with van der Waals surface area (Å²) in [5.74, 6) is 0. The van der Waals surface area contributed by atoms with Gasteiger partial charge in [0.25, 0.3) is 0 Å². The summed E-state index contributed by atoms with van der Waals surface area (Å²) in [5.41, 5.74) is 1.28. The maximum atomic E-state index is 5.90. The molecule has 1 rings (SSSR count). The average molecular weight is 283 g/mol. The van der Waals surface area contributed by atoms with E-state index in [0.29, 0.717) is 18.1 Å². The first-order valence-corrected chi connectivity index (χ1v) is 7.54. The Bertz CT molecular complexity index is 352. The summed E-state index contributed by atoms with van der Waals surface area (Å²) in [6.07, 6.45) is 0. The molecule has 108 valence electrons. The zero-order valence-electron chi connectivity index (χ0n) is 12.8. The van der Waals surface area contributed by atoms with Gasteiger partial charge in [0.1, 0.15) is 0 Å². The van der Waals surface area contributed by atoms with Crippen LogP contribution >= 0.6 is 11.6 Å². The van der Waals surface area contributed by atoms with Gasteiger partial charge >= 0.3 is 0 Å². The second-order valence-corrected chi connectivity index (χ2v) is 6.09. The lowest BCUT2D eigenvalue weighted by Gasteiger charge is -2.31. The van der Waals surface area contributed by atoms with E-state index in [4.69, 9.17) is 11.6 Å². The first-order valence-electron chi connectivity index (χ1n) is 7.16. The van der Waals surface area contributed by atoms with Crippen LogP contribution in [0.5, 0.6) is 0 Å². The second kappa shape index (κ2) is 7.88.